The van der Waals surface area contributed by atoms with E-state index >= 15 is 0 Å². The molecule has 4 nitrogen and oxygen atoms in total. The maximum atomic E-state index is 9.32. The molecule has 0 saturated carbocycles. The number of hydrogen-bond donors (Lipinski definition) is 1. The van der Waals surface area contributed by atoms with Gasteiger partial charge in [-0.15, -0.1) is 0 Å². The Bertz CT molecular complexity index is 1000. The number of rotatable bonds is 4. The highest BCUT2D eigenvalue weighted by molar-refractivity contribution is 5.80. The number of fused-ring (bicyclic) bond motifs is 1. The summed E-state index contributed by atoms with van der Waals surface area (Å²) in [6.45, 7) is 4.06. The Labute approximate surface area is 166 Å². The predicted molar refractivity (Wildman–Crippen MR) is 111 cm³/mol. The average molecular weight is 371 g/mol. The van der Waals surface area contributed by atoms with Crippen LogP contribution < -0.4 is 10.1 Å². The normalized spacial score (nSPS) is 18.2. The third-order valence-electron chi connectivity index (χ3n) is 5.46. The topological polar surface area (TPSA) is 57.9 Å². The number of aryl methyl sites for hydroxylation is 1. The smallest absolute Gasteiger partial charge is 0.127 e. The Kier molecular flexibility index (Phi) is 5.55. The van der Waals surface area contributed by atoms with Crippen LogP contribution in [-0.2, 0) is 0 Å². The minimum Gasteiger partial charge on any atom is -0.485 e. The summed E-state index contributed by atoms with van der Waals surface area (Å²) in [5.41, 5.74) is 3.69. The fourth-order valence-corrected chi connectivity index (χ4v) is 3.99. The van der Waals surface area contributed by atoms with Crippen molar-refractivity contribution in [3.8, 4) is 11.8 Å². The zero-order chi connectivity index (χ0) is 19.3. The van der Waals surface area contributed by atoms with Gasteiger partial charge < -0.3 is 10.1 Å². The van der Waals surface area contributed by atoms with Crippen molar-refractivity contribution in [3.63, 3.8) is 0 Å². The number of benzene rings is 2. The van der Waals surface area contributed by atoms with E-state index in [1.54, 1.807) is 0 Å². The monoisotopic (exact) mass is 371 g/mol. The molecule has 0 radical (unpaired) electrons. The molecular weight excluding hydrogens is 346 g/mol. The third-order valence-corrected chi connectivity index (χ3v) is 5.46. The van der Waals surface area contributed by atoms with Crippen LogP contribution in [0.2, 0.25) is 0 Å². The Morgan fingerprint density at radius 2 is 2.00 bits per heavy atom. The van der Waals surface area contributed by atoms with Gasteiger partial charge in [0.1, 0.15) is 11.9 Å². The van der Waals surface area contributed by atoms with E-state index < -0.39 is 0 Å². The number of nitrogens with zero attached hydrogens (tertiary/aromatic N) is 2. The summed E-state index contributed by atoms with van der Waals surface area (Å²) in [5, 5.41) is 13.9. The highest BCUT2D eigenvalue weighted by Gasteiger charge is 2.26. The van der Waals surface area contributed by atoms with Gasteiger partial charge in [-0.05, 0) is 75.2 Å². The van der Waals surface area contributed by atoms with Gasteiger partial charge in [-0.1, -0.05) is 18.2 Å². The standard InChI is InChI=1S/C24H25N3O/c1-17-7-8-19-9-10-22(15-23(19)27-17)28-24(20-6-3-12-26-13-11-20)21-5-2-4-18(14-21)16-25/h2,4-5,7-10,14-15,20,24,26H,3,6,11-13H2,1H3. The molecule has 142 valence electrons. The molecule has 28 heavy (non-hydrogen) atoms. The number of ether oxygens (including phenoxy) is 1. The highest BCUT2D eigenvalue weighted by Crippen LogP contribution is 2.35. The number of nitrogens with one attached hydrogen (secondary N) is 1. The van der Waals surface area contributed by atoms with Gasteiger partial charge in [-0.3, -0.25) is 4.98 Å². The molecule has 1 aromatic heterocycles. The first-order valence-electron chi connectivity index (χ1n) is 9.98. The first kappa shape index (κ1) is 18.5. The van der Waals surface area contributed by atoms with Gasteiger partial charge in [-0.25, -0.2) is 0 Å². The lowest BCUT2D eigenvalue weighted by Gasteiger charge is -2.28. The summed E-state index contributed by atoms with van der Waals surface area (Å²) in [5.74, 6) is 1.24. The van der Waals surface area contributed by atoms with Gasteiger partial charge >= 0.3 is 0 Å². The van der Waals surface area contributed by atoms with Crippen molar-refractivity contribution in [2.75, 3.05) is 13.1 Å². The van der Waals surface area contributed by atoms with E-state index in [-0.39, 0.29) is 6.10 Å². The van der Waals surface area contributed by atoms with Crippen LogP contribution in [0.5, 0.6) is 5.75 Å². The van der Waals surface area contributed by atoms with Crippen LogP contribution in [0.25, 0.3) is 10.9 Å². The molecule has 0 bridgehead atoms. The van der Waals surface area contributed by atoms with Gasteiger partial charge in [0, 0.05) is 23.1 Å². The number of pyridine rings is 1. The second kappa shape index (κ2) is 8.41. The third kappa shape index (κ3) is 4.16. The molecule has 3 aromatic rings. The molecule has 1 aliphatic heterocycles. The molecule has 2 atom stereocenters. The fraction of sp³-hybridized carbons (Fsp3) is 0.333. The molecule has 1 aliphatic rings. The molecule has 1 saturated heterocycles. The molecule has 4 rings (SSSR count). The highest BCUT2D eigenvalue weighted by atomic mass is 16.5. The lowest BCUT2D eigenvalue weighted by Crippen LogP contribution is -2.21. The van der Waals surface area contributed by atoms with Crippen molar-refractivity contribution in [2.24, 2.45) is 5.92 Å². The average Bonchev–Trinajstić information content (AvgIpc) is 3.01. The summed E-state index contributed by atoms with van der Waals surface area (Å²) in [6.07, 6.45) is 3.24. The van der Waals surface area contributed by atoms with Crippen LogP contribution in [0.15, 0.2) is 54.6 Å². The molecule has 2 unspecified atom stereocenters. The number of hydrogen-bond acceptors (Lipinski definition) is 4. The predicted octanol–water partition coefficient (Wildman–Crippen LogP) is 4.92. The zero-order valence-corrected chi connectivity index (χ0v) is 16.2. The summed E-state index contributed by atoms with van der Waals surface area (Å²) >= 11 is 0. The van der Waals surface area contributed by atoms with Crippen LogP contribution in [0.3, 0.4) is 0 Å². The first-order valence-corrected chi connectivity index (χ1v) is 9.98. The molecule has 2 aromatic carbocycles. The lowest BCUT2D eigenvalue weighted by atomic mass is 9.89. The van der Waals surface area contributed by atoms with Gasteiger partial charge in [0.05, 0.1) is 17.1 Å². The summed E-state index contributed by atoms with van der Waals surface area (Å²) in [4.78, 5) is 4.64. The first-order chi connectivity index (χ1) is 13.7. The van der Waals surface area contributed by atoms with E-state index in [4.69, 9.17) is 4.74 Å². The van der Waals surface area contributed by atoms with Crippen molar-refractivity contribution in [1.29, 1.82) is 5.26 Å². The van der Waals surface area contributed by atoms with Gasteiger partial charge in [0.2, 0.25) is 0 Å². The molecule has 0 amide bonds. The van der Waals surface area contributed by atoms with Crippen molar-refractivity contribution >= 4 is 10.9 Å². The second-order valence-electron chi connectivity index (χ2n) is 7.52. The van der Waals surface area contributed by atoms with Crippen molar-refractivity contribution < 1.29 is 4.74 Å². The van der Waals surface area contributed by atoms with Crippen LogP contribution >= 0.6 is 0 Å². The maximum absolute atomic E-state index is 9.32. The molecular formula is C24H25N3O. The minimum atomic E-state index is -0.0736. The van der Waals surface area contributed by atoms with Gasteiger partial charge in [0.25, 0.3) is 0 Å². The van der Waals surface area contributed by atoms with E-state index in [0.29, 0.717) is 11.5 Å². The van der Waals surface area contributed by atoms with Crippen molar-refractivity contribution in [3.05, 3.63) is 71.4 Å². The molecule has 2 heterocycles. The number of nitriles is 1. The lowest BCUT2D eigenvalue weighted by molar-refractivity contribution is 0.126. The Hall–Kier alpha value is -2.90. The quantitative estimate of drug-likeness (QED) is 0.707. The summed E-state index contributed by atoms with van der Waals surface area (Å²) in [6, 6.07) is 20.3. The van der Waals surface area contributed by atoms with Crippen molar-refractivity contribution in [2.45, 2.75) is 32.3 Å². The Morgan fingerprint density at radius 3 is 2.89 bits per heavy atom. The van der Waals surface area contributed by atoms with Gasteiger partial charge in [-0.2, -0.15) is 5.26 Å². The molecule has 0 aliphatic carbocycles. The molecule has 1 fully saturated rings. The van der Waals surface area contributed by atoms with E-state index in [0.717, 1.165) is 60.3 Å². The summed E-state index contributed by atoms with van der Waals surface area (Å²) < 4.78 is 6.57. The van der Waals surface area contributed by atoms with Gasteiger partial charge in [0.15, 0.2) is 0 Å². The van der Waals surface area contributed by atoms with E-state index in [9.17, 15) is 5.26 Å². The molecule has 1 N–H and O–H groups in total. The number of aromatic nitrogens is 1. The largest absolute Gasteiger partial charge is 0.485 e. The zero-order valence-electron chi connectivity index (χ0n) is 16.2. The minimum absolute atomic E-state index is 0.0736. The van der Waals surface area contributed by atoms with Crippen molar-refractivity contribution in [1.82, 2.24) is 10.3 Å². The van der Waals surface area contributed by atoms with E-state index in [1.807, 2.05) is 43.3 Å². The molecule has 0 spiro atoms. The van der Waals surface area contributed by atoms with Crippen LogP contribution in [-0.4, -0.2) is 18.1 Å². The Balaban J connectivity index is 1.69. The maximum Gasteiger partial charge on any atom is 0.127 e. The second-order valence-corrected chi connectivity index (χ2v) is 7.52. The molecule has 4 heteroatoms. The van der Waals surface area contributed by atoms with Crippen LogP contribution in [0, 0.1) is 24.2 Å². The van der Waals surface area contributed by atoms with E-state index in [1.165, 1.54) is 0 Å². The summed E-state index contributed by atoms with van der Waals surface area (Å²) in [7, 11) is 0. The Morgan fingerprint density at radius 1 is 1.11 bits per heavy atom. The van der Waals surface area contributed by atoms with E-state index in [2.05, 4.69) is 34.6 Å². The van der Waals surface area contributed by atoms with Crippen LogP contribution in [0.1, 0.15) is 42.2 Å². The van der Waals surface area contributed by atoms with Crippen LogP contribution in [0.4, 0.5) is 0 Å². The SMILES string of the molecule is Cc1ccc2ccc(OC(c3cccc(C#N)c3)C3CCCNCC3)cc2n1. The fourth-order valence-electron chi connectivity index (χ4n) is 3.99.